The molecule has 2 fully saturated rings. The normalized spacial score (nSPS) is 21.8. The molecule has 0 aliphatic heterocycles. The van der Waals surface area contributed by atoms with Crippen molar-refractivity contribution in [1.82, 2.24) is 4.98 Å². The van der Waals surface area contributed by atoms with Gasteiger partial charge in [0.2, 0.25) is 0 Å². The molecule has 0 bridgehead atoms. The minimum absolute atomic E-state index is 0.605. The third-order valence-corrected chi connectivity index (χ3v) is 3.56. The van der Waals surface area contributed by atoms with E-state index in [0.717, 1.165) is 11.2 Å². The first-order chi connectivity index (χ1) is 7.30. The lowest BCUT2D eigenvalue weighted by Crippen LogP contribution is -2.36. The zero-order chi connectivity index (χ0) is 10.3. The van der Waals surface area contributed by atoms with Gasteiger partial charge >= 0.3 is 0 Å². The molecule has 0 radical (unpaired) electrons. The molecule has 15 heavy (non-hydrogen) atoms. The molecule has 1 heterocycles. The number of aromatic nitrogens is 1. The molecule has 0 aromatic carbocycles. The Morgan fingerprint density at radius 3 is 2.73 bits per heavy atom. The van der Waals surface area contributed by atoms with Crippen molar-refractivity contribution in [3.8, 4) is 6.07 Å². The molecule has 1 aromatic heterocycles. The molecular formula is C12H13N3. The van der Waals surface area contributed by atoms with E-state index >= 15 is 0 Å². The highest BCUT2D eigenvalue weighted by molar-refractivity contribution is 5.40. The van der Waals surface area contributed by atoms with Crippen molar-refractivity contribution in [3.63, 3.8) is 0 Å². The Labute approximate surface area is 89.1 Å². The zero-order valence-corrected chi connectivity index (χ0v) is 8.53. The minimum atomic E-state index is 0.605. The van der Waals surface area contributed by atoms with Gasteiger partial charge in [0.1, 0.15) is 11.9 Å². The van der Waals surface area contributed by atoms with Gasteiger partial charge in [0.25, 0.3) is 0 Å². The number of nitrogens with one attached hydrogen (secondary N) is 1. The molecule has 1 aromatic rings. The van der Waals surface area contributed by atoms with Crippen molar-refractivity contribution in [2.45, 2.75) is 31.7 Å². The summed E-state index contributed by atoms with van der Waals surface area (Å²) < 4.78 is 0. The topological polar surface area (TPSA) is 48.7 Å². The van der Waals surface area contributed by atoms with Crippen LogP contribution < -0.4 is 5.32 Å². The van der Waals surface area contributed by atoms with E-state index in [4.69, 9.17) is 5.26 Å². The van der Waals surface area contributed by atoms with E-state index in [1.165, 1.54) is 25.7 Å². The van der Waals surface area contributed by atoms with Crippen LogP contribution >= 0.6 is 0 Å². The van der Waals surface area contributed by atoms with E-state index < -0.39 is 0 Å². The summed E-state index contributed by atoms with van der Waals surface area (Å²) in [4.78, 5) is 4.21. The summed E-state index contributed by atoms with van der Waals surface area (Å²) in [6.07, 6.45) is 7.06. The van der Waals surface area contributed by atoms with E-state index in [1.54, 1.807) is 12.3 Å². The van der Waals surface area contributed by atoms with Crippen LogP contribution in [0.2, 0.25) is 0 Å². The Hall–Kier alpha value is -1.56. The van der Waals surface area contributed by atoms with Crippen LogP contribution in [0.5, 0.6) is 0 Å². The largest absolute Gasteiger partial charge is 0.367 e. The number of anilines is 1. The van der Waals surface area contributed by atoms with Crippen molar-refractivity contribution >= 4 is 5.82 Å². The van der Waals surface area contributed by atoms with Gasteiger partial charge in [-0.05, 0) is 43.2 Å². The fraction of sp³-hybridized carbons (Fsp3) is 0.500. The van der Waals surface area contributed by atoms with E-state index in [9.17, 15) is 0 Å². The maximum absolute atomic E-state index is 8.63. The summed E-state index contributed by atoms with van der Waals surface area (Å²) in [5, 5.41) is 12.0. The molecule has 0 atom stereocenters. The molecule has 0 saturated heterocycles. The Kier molecular flexibility index (Phi) is 1.72. The van der Waals surface area contributed by atoms with Gasteiger partial charge in [-0.2, -0.15) is 5.26 Å². The number of nitrogens with zero attached hydrogens (tertiary/aromatic N) is 2. The van der Waals surface area contributed by atoms with Crippen LogP contribution in [0, 0.1) is 16.7 Å². The molecule has 2 saturated carbocycles. The second-order valence-electron chi connectivity index (χ2n) is 4.79. The number of pyridine rings is 1. The van der Waals surface area contributed by atoms with Gasteiger partial charge in [0, 0.05) is 12.2 Å². The number of hydrogen-bond donors (Lipinski definition) is 1. The molecule has 0 unspecified atom stereocenters. The second-order valence-corrected chi connectivity index (χ2v) is 4.79. The predicted molar refractivity (Wildman–Crippen MR) is 57.3 cm³/mol. The highest BCUT2D eigenvalue weighted by atomic mass is 15.0. The summed E-state index contributed by atoms with van der Waals surface area (Å²) in [7, 11) is 0. The Bertz CT molecular complexity index is 403. The lowest BCUT2D eigenvalue weighted by molar-refractivity contribution is 0.256. The average Bonchev–Trinajstić information content (AvgIpc) is 2.99. The molecule has 2 aliphatic carbocycles. The van der Waals surface area contributed by atoms with Gasteiger partial charge in [-0.1, -0.05) is 0 Å². The molecule has 1 spiro atoms. The Balaban J connectivity index is 1.60. The molecule has 3 rings (SSSR count). The van der Waals surface area contributed by atoms with Gasteiger partial charge in [-0.15, -0.1) is 0 Å². The molecule has 0 amide bonds. The van der Waals surface area contributed by atoms with Crippen LogP contribution in [0.3, 0.4) is 0 Å². The summed E-state index contributed by atoms with van der Waals surface area (Å²) in [5.41, 5.74) is 1.34. The standard InChI is InChI=1S/C12H13N3/c13-7-9-1-2-11(14-8-9)15-10-5-12(6-10)3-4-12/h1-2,8,10H,3-6H2,(H,14,15). The van der Waals surface area contributed by atoms with Gasteiger partial charge in [-0.3, -0.25) is 0 Å². The van der Waals surface area contributed by atoms with E-state index in [-0.39, 0.29) is 0 Å². The summed E-state index contributed by atoms with van der Waals surface area (Å²) >= 11 is 0. The fourth-order valence-corrected chi connectivity index (χ4v) is 2.43. The smallest absolute Gasteiger partial charge is 0.126 e. The van der Waals surface area contributed by atoms with Crippen LogP contribution in [0.25, 0.3) is 0 Å². The average molecular weight is 199 g/mol. The van der Waals surface area contributed by atoms with Crippen LogP contribution in [0.15, 0.2) is 18.3 Å². The molecule has 2 aliphatic rings. The predicted octanol–water partition coefficient (Wildman–Crippen LogP) is 2.31. The van der Waals surface area contributed by atoms with E-state index in [2.05, 4.69) is 16.4 Å². The Morgan fingerprint density at radius 2 is 2.20 bits per heavy atom. The first-order valence-corrected chi connectivity index (χ1v) is 5.42. The summed E-state index contributed by atoms with van der Waals surface area (Å²) in [6.45, 7) is 0. The molecule has 76 valence electrons. The highest BCUT2D eigenvalue weighted by Crippen LogP contribution is 2.61. The van der Waals surface area contributed by atoms with Crippen molar-refractivity contribution in [2.75, 3.05) is 5.32 Å². The summed E-state index contributed by atoms with van der Waals surface area (Å²) in [6, 6.07) is 6.36. The van der Waals surface area contributed by atoms with E-state index in [0.29, 0.717) is 11.6 Å². The lowest BCUT2D eigenvalue weighted by Gasteiger charge is -2.36. The van der Waals surface area contributed by atoms with Crippen LogP contribution in [0.1, 0.15) is 31.2 Å². The number of hydrogen-bond acceptors (Lipinski definition) is 3. The van der Waals surface area contributed by atoms with Gasteiger partial charge in [0.15, 0.2) is 0 Å². The van der Waals surface area contributed by atoms with Crippen molar-refractivity contribution in [3.05, 3.63) is 23.9 Å². The van der Waals surface area contributed by atoms with Crippen LogP contribution in [-0.4, -0.2) is 11.0 Å². The molecular weight excluding hydrogens is 186 g/mol. The van der Waals surface area contributed by atoms with E-state index in [1.807, 2.05) is 6.07 Å². The first kappa shape index (κ1) is 8.72. The Morgan fingerprint density at radius 1 is 1.40 bits per heavy atom. The van der Waals surface area contributed by atoms with Crippen molar-refractivity contribution in [2.24, 2.45) is 5.41 Å². The van der Waals surface area contributed by atoms with Crippen LogP contribution in [0.4, 0.5) is 5.82 Å². The fourth-order valence-electron chi connectivity index (χ4n) is 2.43. The summed E-state index contributed by atoms with van der Waals surface area (Å²) in [5.74, 6) is 0.898. The lowest BCUT2D eigenvalue weighted by atomic mass is 9.77. The zero-order valence-electron chi connectivity index (χ0n) is 8.53. The third-order valence-electron chi connectivity index (χ3n) is 3.56. The number of rotatable bonds is 2. The maximum atomic E-state index is 8.63. The quantitative estimate of drug-likeness (QED) is 0.795. The third kappa shape index (κ3) is 1.56. The first-order valence-electron chi connectivity index (χ1n) is 5.42. The van der Waals surface area contributed by atoms with Crippen LogP contribution in [-0.2, 0) is 0 Å². The molecule has 3 nitrogen and oxygen atoms in total. The van der Waals surface area contributed by atoms with Gasteiger partial charge in [0.05, 0.1) is 5.56 Å². The van der Waals surface area contributed by atoms with Crippen molar-refractivity contribution in [1.29, 1.82) is 5.26 Å². The minimum Gasteiger partial charge on any atom is -0.367 e. The molecule has 3 heteroatoms. The highest BCUT2D eigenvalue weighted by Gasteiger charge is 2.52. The number of nitriles is 1. The SMILES string of the molecule is N#Cc1ccc(NC2CC3(CC3)C2)nc1. The second kappa shape index (κ2) is 2.96. The van der Waals surface area contributed by atoms with Gasteiger partial charge < -0.3 is 5.32 Å². The monoisotopic (exact) mass is 199 g/mol. The van der Waals surface area contributed by atoms with Gasteiger partial charge in [-0.25, -0.2) is 4.98 Å². The van der Waals surface area contributed by atoms with Crippen molar-refractivity contribution < 1.29 is 0 Å². The maximum Gasteiger partial charge on any atom is 0.126 e. The molecule has 1 N–H and O–H groups in total.